The van der Waals surface area contributed by atoms with Crippen molar-refractivity contribution in [3.63, 3.8) is 0 Å². The van der Waals surface area contributed by atoms with Gasteiger partial charge in [-0.05, 0) is 30.5 Å². The molecule has 0 fully saturated rings. The van der Waals surface area contributed by atoms with Crippen molar-refractivity contribution in [3.8, 4) is 0 Å². The number of rotatable bonds is 5. The van der Waals surface area contributed by atoms with Crippen molar-refractivity contribution in [1.29, 1.82) is 0 Å². The van der Waals surface area contributed by atoms with Crippen LogP contribution in [0, 0.1) is 0 Å². The largest absolute Gasteiger partial charge is 0.395 e. The monoisotopic (exact) mass is 271 g/mol. The fourth-order valence-corrected chi connectivity index (χ4v) is 2.96. The Hall–Kier alpha value is -0.910. The van der Waals surface area contributed by atoms with Crippen molar-refractivity contribution < 1.29 is 13.5 Å². The van der Waals surface area contributed by atoms with Crippen molar-refractivity contribution in [2.24, 2.45) is 0 Å². The number of sulfonamides is 1. The molecule has 0 saturated heterocycles. The Balaban J connectivity index is 3.16. The first-order valence-corrected chi connectivity index (χ1v) is 7.43. The molecule has 4 nitrogen and oxygen atoms in total. The Kier molecular flexibility index (Phi) is 4.90. The summed E-state index contributed by atoms with van der Waals surface area (Å²) in [7, 11) is -2.05. The lowest BCUT2D eigenvalue weighted by molar-refractivity contribution is 0.214. The predicted molar refractivity (Wildman–Crippen MR) is 72.0 cm³/mol. The van der Waals surface area contributed by atoms with E-state index in [1.54, 1.807) is 25.1 Å². The lowest BCUT2D eigenvalue weighted by Crippen LogP contribution is -2.37. The first-order chi connectivity index (χ1) is 8.30. The van der Waals surface area contributed by atoms with Crippen LogP contribution >= 0.6 is 0 Å². The molecule has 0 saturated carbocycles. The van der Waals surface area contributed by atoms with Crippen LogP contribution in [0.5, 0.6) is 0 Å². The zero-order chi connectivity index (χ0) is 13.9. The van der Waals surface area contributed by atoms with Crippen molar-refractivity contribution >= 4 is 10.0 Å². The van der Waals surface area contributed by atoms with Gasteiger partial charge in [-0.25, -0.2) is 8.42 Å². The third-order valence-corrected chi connectivity index (χ3v) is 5.05. The van der Waals surface area contributed by atoms with Crippen LogP contribution in [0.2, 0.25) is 0 Å². The molecule has 1 rings (SSSR count). The average molecular weight is 271 g/mol. The van der Waals surface area contributed by atoms with E-state index in [0.29, 0.717) is 0 Å². The zero-order valence-electron chi connectivity index (χ0n) is 11.3. The molecular formula is C13H21NO3S. The molecule has 5 heteroatoms. The maximum absolute atomic E-state index is 12.3. The van der Waals surface area contributed by atoms with Gasteiger partial charge in [0.25, 0.3) is 0 Å². The summed E-state index contributed by atoms with van der Waals surface area (Å²) >= 11 is 0. The van der Waals surface area contributed by atoms with Gasteiger partial charge in [-0.15, -0.1) is 0 Å². The van der Waals surface area contributed by atoms with Crippen LogP contribution in [-0.4, -0.2) is 37.5 Å². The molecule has 18 heavy (non-hydrogen) atoms. The van der Waals surface area contributed by atoms with Crippen molar-refractivity contribution in [2.75, 3.05) is 13.7 Å². The summed E-state index contributed by atoms with van der Waals surface area (Å²) < 4.78 is 25.8. The number of hydrogen-bond acceptors (Lipinski definition) is 3. The molecule has 0 amide bonds. The van der Waals surface area contributed by atoms with Crippen LogP contribution in [0.1, 0.15) is 32.3 Å². The van der Waals surface area contributed by atoms with Crippen molar-refractivity contribution in [2.45, 2.75) is 37.6 Å². The summed E-state index contributed by atoms with van der Waals surface area (Å²) in [6.07, 6.45) is 0. The number of hydrogen-bond donors (Lipinski definition) is 1. The van der Waals surface area contributed by atoms with E-state index in [0.717, 1.165) is 5.56 Å². The lowest BCUT2D eigenvalue weighted by Gasteiger charge is -2.23. The Morgan fingerprint density at radius 1 is 1.28 bits per heavy atom. The highest BCUT2D eigenvalue weighted by Gasteiger charge is 2.25. The normalized spacial score (nSPS) is 14.2. The van der Waals surface area contributed by atoms with Gasteiger partial charge >= 0.3 is 0 Å². The zero-order valence-corrected chi connectivity index (χ0v) is 12.1. The maximum atomic E-state index is 12.3. The number of aliphatic hydroxyl groups excluding tert-OH is 1. The SMILES string of the molecule is CC(C)c1cccc(S(=O)(=O)N(C)C(C)CO)c1. The minimum absolute atomic E-state index is 0.195. The Morgan fingerprint density at radius 3 is 2.39 bits per heavy atom. The molecular weight excluding hydrogens is 250 g/mol. The molecule has 1 aromatic carbocycles. The molecule has 1 unspecified atom stereocenters. The Bertz CT molecular complexity index is 497. The highest BCUT2D eigenvalue weighted by atomic mass is 32.2. The van der Waals surface area contributed by atoms with Crippen LogP contribution in [0.25, 0.3) is 0 Å². The van der Waals surface area contributed by atoms with Gasteiger partial charge in [-0.1, -0.05) is 26.0 Å². The molecule has 0 spiro atoms. The third-order valence-electron chi connectivity index (χ3n) is 3.09. The highest BCUT2D eigenvalue weighted by Crippen LogP contribution is 2.21. The predicted octanol–water partition coefficient (Wildman–Crippen LogP) is 1.81. The fraction of sp³-hybridized carbons (Fsp3) is 0.538. The molecule has 1 aromatic rings. The minimum atomic E-state index is -3.53. The van der Waals surface area contributed by atoms with Crippen LogP contribution in [0.4, 0.5) is 0 Å². The second-order valence-corrected chi connectivity index (χ2v) is 6.78. The molecule has 102 valence electrons. The molecule has 1 N–H and O–H groups in total. The summed E-state index contributed by atoms with van der Waals surface area (Å²) in [5.74, 6) is 0.278. The minimum Gasteiger partial charge on any atom is -0.395 e. The van der Waals surface area contributed by atoms with Gasteiger partial charge in [-0.2, -0.15) is 4.31 Å². The fourth-order valence-electron chi connectivity index (χ4n) is 1.55. The maximum Gasteiger partial charge on any atom is 0.243 e. The van der Waals surface area contributed by atoms with Gasteiger partial charge in [0, 0.05) is 13.1 Å². The Labute approximate surface area is 109 Å². The van der Waals surface area contributed by atoms with Gasteiger partial charge in [0.05, 0.1) is 11.5 Å². The second kappa shape index (κ2) is 5.82. The molecule has 0 aromatic heterocycles. The summed E-state index contributed by atoms with van der Waals surface area (Å²) in [4.78, 5) is 0.275. The Morgan fingerprint density at radius 2 is 1.89 bits per heavy atom. The summed E-state index contributed by atoms with van der Waals surface area (Å²) in [5.41, 5.74) is 0.987. The summed E-state index contributed by atoms with van der Waals surface area (Å²) in [6.45, 7) is 5.51. The van der Waals surface area contributed by atoms with Gasteiger partial charge in [0.15, 0.2) is 0 Å². The third kappa shape index (κ3) is 3.10. The number of likely N-dealkylation sites (N-methyl/N-ethyl adjacent to an activating group) is 1. The number of nitrogens with zero attached hydrogens (tertiary/aromatic N) is 1. The number of benzene rings is 1. The smallest absolute Gasteiger partial charge is 0.243 e. The second-order valence-electron chi connectivity index (χ2n) is 4.78. The van der Waals surface area contributed by atoms with Crippen molar-refractivity contribution in [1.82, 2.24) is 4.31 Å². The lowest BCUT2D eigenvalue weighted by atomic mass is 10.0. The first-order valence-electron chi connectivity index (χ1n) is 5.99. The molecule has 0 aliphatic carbocycles. The molecule has 0 heterocycles. The van der Waals surface area contributed by atoms with E-state index in [2.05, 4.69) is 0 Å². The van der Waals surface area contributed by atoms with E-state index in [4.69, 9.17) is 5.11 Å². The van der Waals surface area contributed by atoms with Gasteiger partial charge < -0.3 is 5.11 Å². The van der Waals surface area contributed by atoms with Crippen LogP contribution in [-0.2, 0) is 10.0 Å². The standard InChI is InChI=1S/C13H21NO3S/c1-10(2)12-6-5-7-13(8-12)18(16,17)14(4)11(3)9-15/h5-8,10-11,15H,9H2,1-4H3. The van der Waals surface area contributed by atoms with E-state index in [1.165, 1.54) is 11.4 Å². The first kappa shape index (κ1) is 15.1. The summed E-state index contributed by atoms with van der Waals surface area (Å²) in [6, 6.07) is 6.51. The molecule has 0 radical (unpaired) electrons. The van der Waals surface area contributed by atoms with E-state index >= 15 is 0 Å². The van der Waals surface area contributed by atoms with Crippen LogP contribution in [0.3, 0.4) is 0 Å². The van der Waals surface area contributed by atoms with Crippen molar-refractivity contribution in [3.05, 3.63) is 29.8 Å². The molecule has 0 bridgehead atoms. The van der Waals surface area contributed by atoms with Gasteiger partial charge in [-0.3, -0.25) is 0 Å². The van der Waals surface area contributed by atoms with Crippen LogP contribution in [0.15, 0.2) is 29.2 Å². The molecule has 1 atom stereocenters. The topological polar surface area (TPSA) is 57.6 Å². The van der Waals surface area contributed by atoms with Gasteiger partial charge in [0.1, 0.15) is 0 Å². The molecule has 0 aliphatic rings. The van der Waals surface area contributed by atoms with Gasteiger partial charge in [0.2, 0.25) is 10.0 Å². The number of aliphatic hydroxyl groups is 1. The van der Waals surface area contributed by atoms with E-state index < -0.39 is 16.1 Å². The summed E-state index contributed by atoms with van der Waals surface area (Å²) in [5, 5.41) is 9.05. The van der Waals surface area contributed by atoms with E-state index in [1.807, 2.05) is 19.9 Å². The van der Waals surface area contributed by atoms with E-state index in [9.17, 15) is 8.42 Å². The van der Waals surface area contributed by atoms with Crippen LogP contribution < -0.4 is 0 Å². The van der Waals surface area contributed by atoms with E-state index in [-0.39, 0.29) is 17.4 Å². The average Bonchev–Trinajstić information content (AvgIpc) is 2.36. The quantitative estimate of drug-likeness (QED) is 0.888. The molecule has 0 aliphatic heterocycles. The highest BCUT2D eigenvalue weighted by molar-refractivity contribution is 7.89.